The molecule has 0 radical (unpaired) electrons. The van der Waals surface area contributed by atoms with Gasteiger partial charge in [-0.25, -0.2) is 0 Å². The van der Waals surface area contributed by atoms with Crippen LogP contribution < -0.4 is 5.32 Å². The summed E-state index contributed by atoms with van der Waals surface area (Å²) in [6, 6.07) is 8.63. The number of hydrogen-bond acceptors (Lipinski definition) is 5. The third kappa shape index (κ3) is 4.66. The molecule has 1 aromatic carbocycles. The monoisotopic (exact) mass is 342 g/mol. The molecule has 1 fully saturated rings. The van der Waals surface area contributed by atoms with Crippen molar-refractivity contribution in [3.05, 3.63) is 47.1 Å². The van der Waals surface area contributed by atoms with Gasteiger partial charge < -0.3 is 9.84 Å². The van der Waals surface area contributed by atoms with Gasteiger partial charge in [0, 0.05) is 13.6 Å². The summed E-state index contributed by atoms with van der Waals surface area (Å²) in [7, 11) is 1.56. The van der Waals surface area contributed by atoms with E-state index in [0.29, 0.717) is 18.4 Å². The predicted molar refractivity (Wildman–Crippen MR) is 95.2 cm³/mol. The molecule has 2 heterocycles. The van der Waals surface area contributed by atoms with Crippen LogP contribution >= 0.6 is 0 Å². The van der Waals surface area contributed by atoms with Gasteiger partial charge in [0.2, 0.25) is 5.89 Å². The van der Waals surface area contributed by atoms with Crippen LogP contribution in [0.25, 0.3) is 0 Å². The van der Waals surface area contributed by atoms with Crippen molar-refractivity contribution < 1.29 is 9.32 Å². The largest absolute Gasteiger partial charge is 0.352 e. The molecule has 0 saturated carbocycles. The van der Waals surface area contributed by atoms with Crippen LogP contribution in [-0.2, 0) is 13.0 Å². The summed E-state index contributed by atoms with van der Waals surface area (Å²) in [6.45, 7) is 4.88. The normalized spacial score (nSPS) is 18.2. The minimum Gasteiger partial charge on any atom is -0.352 e. The Labute approximate surface area is 148 Å². The fourth-order valence-corrected chi connectivity index (χ4v) is 3.50. The SMILES string of the molecule is CNC(=O)c1noc(CN2CCC[C@H](CCc3ccccc3C)C2)n1. The topological polar surface area (TPSA) is 71.3 Å². The smallest absolute Gasteiger partial charge is 0.292 e. The Morgan fingerprint density at radius 1 is 1.40 bits per heavy atom. The maximum Gasteiger partial charge on any atom is 0.292 e. The van der Waals surface area contributed by atoms with Crippen LogP contribution in [0.5, 0.6) is 0 Å². The quantitative estimate of drug-likeness (QED) is 0.874. The maximum atomic E-state index is 11.5. The summed E-state index contributed by atoms with van der Waals surface area (Å²) in [5.41, 5.74) is 2.83. The van der Waals surface area contributed by atoms with Gasteiger partial charge in [0.05, 0.1) is 6.54 Å². The summed E-state index contributed by atoms with van der Waals surface area (Å²) < 4.78 is 5.21. The van der Waals surface area contributed by atoms with E-state index in [2.05, 4.69) is 51.5 Å². The number of piperidine rings is 1. The summed E-state index contributed by atoms with van der Waals surface area (Å²) in [6.07, 6.45) is 4.80. The number of carbonyl (C=O) groups is 1. The Bertz CT molecular complexity index is 713. The number of carbonyl (C=O) groups excluding carboxylic acids is 1. The van der Waals surface area contributed by atoms with E-state index in [4.69, 9.17) is 4.52 Å². The Hall–Kier alpha value is -2.21. The molecule has 6 nitrogen and oxygen atoms in total. The van der Waals surface area contributed by atoms with Crippen molar-refractivity contribution in [3.63, 3.8) is 0 Å². The van der Waals surface area contributed by atoms with E-state index < -0.39 is 0 Å². The van der Waals surface area contributed by atoms with Crippen molar-refractivity contribution >= 4 is 5.91 Å². The lowest BCUT2D eigenvalue weighted by molar-refractivity contribution is 0.0950. The third-order valence-corrected chi connectivity index (χ3v) is 4.94. The first-order valence-electron chi connectivity index (χ1n) is 8.97. The van der Waals surface area contributed by atoms with Crippen molar-refractivity contribution in [3.8, 4) is 0 Å². The van der Waals surface area contributed by atoms with Crippen molar-refractivity contribution in [1.82, 2.24) is 20.4 Å². The molecular weight excluding hydrogens is 316 g/mol. The molecule has 6 heteroatoms. The van der Waals surface area contributed by atoms with Gasteiger partial charge in [0.1, 0.15) is 0 Å². The first-order chi connectivity index (χ1) is 12.2. The second-order valence-corrected chi connectivity index (χ2v) is 6.80. The number of aromatic nitrogens is 2. The van der Waals surface area contributed by atoms with E-state index >= 15 is 0 Å². The maximum absolute atomic E-state index is 11.5. The number of rotatable bonds is 6. The number of likely N-dealkylation sites (tertiary alicyclic amines) is 1. The van der Waals surface area contributed by atoms with Crippen LogP contribution in [0.3, 0.4) is 0 Å². The summed E-state index contributed by atoms with van der Waals surface area (Å²) in [5.74, 6) is 0.989. The first kappa shape index (κ1) is 17.6. The number of amides is 1. The molecule has 1 amide bonds. The number of nitrogens with zero attached hydrogens (tertiary/aromatic N) is 3. The van der Waals surface area contributed by atoms with Gasteiger partial charge >= 0.3 is 0 Å². The molecule has 1 aliphatic heterocycles. The molecule has 25 heavy (non-hydrogen) atoms. The van der Waals surface area contributed by atoms with Gasteiger partial charge in [-0.2, -0.15) is 4.98 Å². The Morgan fingerprint density at radius 3 is 3.04 bits per heavy atom. The van der Waals surface area contributed by atoms with Crippen molar-refractivity contribution in [1.29, 1.82) is 0 Å². The molecule has 1 N–H and O–H groups in total. The van der Waals surface area contributed by atoms with Crippen LogP contribution in [0.15, 0.2) is 28.8 Å². The first-order valence-corrected chi connectivity index (χ1v) is 8.97. The second kappa shape index (κ2) is 8.25. The predicted octanol–water partition coefficient (Wildman–Crippen LogP) is 2.58. The van der Waals surface area contributed by atoms with Gasteiger partial charge in [-0.3, -0.25) is 9.69 Å². The highest BCUT2D eigenvalue weighted by Crippen LogP contribution is 2.23. The highest BCUT2D eigenvalue weighted by atomic mass is 16.5. The average molecular weight is 342 g/mol. The lowest BCUT2D eigenvalue weighted by atomic mass is 9.90. The van der Waals surface area contributed by atoms with Crippen molar-refractivity contribution in [2.75, 3.05) is 20.1 Å². The Kier molecular flexibility index (Phi) is 5.81. The minimum atomic E-state index is -0.315. The van der Waals surface area contributed by atoms with Crippen molar-refractivity contribution in [2.45, 2.75) is 39.2 Å². The molecule has 134 valence electrons. The number of aryl methyl sites for hydroxylation is 2. The number of nitrogens with one attached hydrogen (secondary N) is 1. The summed E-state index contributed by atoms with van der Waals surface area (Å²) in [5, 5.41) is 6.24. The zero-order chi connectivity index (χ0) is 17.6. The Morgan fingerprint density at radius 2 is 2.24 bits per heavy atom. The molecule has 0 unspecified atom stereocenters. The van der Waals surface area contributed by atoms with Crippen molar-refractivity contribution in [2.24, 2.45) is 5.92 Å². The summed E-state index contributed by atoms with van der Waals surface area (Å²) in [4.78, 5) is 18.0. The number of benzene rings is 1. The van der Waals surface area contributed by atoms with E-state index in [9.17, 15) is 4.79 Å². The van der Waals surface area contributed by atoms with Gasteiger partial charge in [-0.1, -0.05) is 29.4 Å². The van der Waals surface area contributed by atoms with E-state index in [-0.39, 0.29) is 11.7 Å². The molecular formula is C19H26N4O2. The van der Waals surface area contributed by atoms with E-state index in [0.717, 1.165) is 19.5 Å². The van der Waals surface area contributed by atoms with E-state index in [1.807, 2.05) is 0 Å². The van der Waals surface area contributed by atoms with Crippen LogP contribution in [0.2, 0.25) is 0 Å². The zero-order valence-corrected chi connectivity index (χ0v) is 15.0. The Balaban J connectivity index is 1.52. The van der Waals surface area contributed by atoms with Crippen LogP contribution in [0.1, 0.15) is 46.9 Å². The van der Waals surface area contributed by atoms with E-state index in [1.54, 1.807) is 7.05 Å². The van der Waals surface area contributed by atoms with Gasteiger partial charge in [0.25, 0.3) is 11.7 Å². The van der Waals surface area contributed by atoms with E-state index in [1.165, 1.54) is 30.4 Å². The molecule has 0 bridgehead atoms. The number of hydrogen-bond donors (Lipinski definition) is 1. The minimum absolute atomic E-state index is 0.102. The van der Waals surface area contributed by atoms with Gasteiger partial charge in [0.15, 0.2) is 0 Å². The molecule has 1 atom stereocenters. The molecule has 0 spiro atoms. The average Bonchev–Trinajstić information content (AvgIpc) is 3.09. The second-order valence-electron chi connectivity index (χ2n) is 6.80. The molecule has 1 saturated heterocycles. The molecule has 1 aromatic heterocycles. The molecule has 1 aliphatic rings. The standard InChI is InChI=1S/C19H26N4O2/c1-14-6-3-4-8-16(14)10-9-15-7-5-11-23(12-15)13-17-21-18(22-25-17)19(24)20-2/h3-4,6,8,15H,5,7,9-13H2,1-2H3,(H,20,24)/t15-/m1/s1. The lowest BCUT2D eigenvalue weighted by Gasteiger charge is -2.31. The molecule has 2 aromatic rings. The summed E-state index contributed by atoms with van der Waals surface area (Å²) >= 11 is 0. The van der Waals surface area contributed by atoms with Gasteiger partial charge in [-0.05, 0) is 56.2 Å². The molecule has 3 rings (SSSR count). The fraction of sp³-hybridized carbons (Fsp3) is 0.526. The highest BCUT2D eigenvalue weighted by Gasteiger charge is 2.22. The van der Waals surface area contributed by atoms with Crippen LogP contribution in [0.4, 0.5) is 0 Å². The molecule has 0 aliphatic carbocycles. The zero-order valence-electron chi connectivity index (χ0n) is 15.0. The van der Waals surface area contributed by atoms with Crippen LogP contribution in [0, 0.1) is 12.8 Å². The van der Waals surface area contributed by atoms with Crippen LogP contribution in [-0.4, -0.2) is 41.1 Å². The van der Waals surface area contributed by atoms with Gasteiger partial charge in [-0.15, -0.1) is 0 Å². The third-order valence-electron chi connectivity index (χ3n) is 4.94. The highest BCUT2D eigenvalue weighted by molar-refractivity contribution is 5.89. The lowest BCUT2D eigenvalue weighted by Crippen LogP contribution is -2.35. The fourth-order valence-electron chi connectivity index (χ4n) is 3.50.